The average molecular weight is 338 g/mol. The Bertz CT molecular complexity index is 788. The lowest BCUT2D eigenvalue weighted by Gasteiger charge is -2.22. The van der Waals surface area contributed by atoms with Gasteiger partial charge in [-0.3, -0.25) is 9.78 Å². The second-order valence-electron chi connectivity index (χ2n) is 5.37. The topological polar surface area (TPSA) is 42.4 Å². The second kappa shape index (κ2) is 7.86. The third kappa shape index (κ3) is 3.88. The summed E-state index contributed by atoms with van der Waals surface area (Å²) in [4.78, 5) is 19.0. The van der Waals surface area contributed by atoms with Crippen molar-refractivity contribution in [3.63, 3.8) is 0 Å². The lowest BCUT2D eigenvalue weighted by molar-refractivity contribution is 0.0984. The van der Waals surface area contributed by atoms with E-state index in [4.69, 9.17) is 4.74 Å². The Hall–Kier alpha value is -2.50. The first-order valence-corrected chi connectivity index (χ1v) is 8.53. The number of aromatic nitrogens is 1. The van der Waals surface area contributed by atoms with E-state index in [0.29, 0.717) is 18.7 Å². The predicted octanol–water partition coefficient (Wildman–Crippen LogP) is 4.14. The number of carbonyl (C=O) groups is 1. The van der Waals surface area contributed by atoms with E-state index in [0.717, 1.165) is 16.8 Å². The molecule has 0 aliphatic heterocycles. The molecule has 0 N–H and O–H groups in total. The van der Waals surface area contributed by atoms with Gasteiger partial charge in [0.2, 0.25) is 0 Å². The zero-order chi connectivity index (χ0) is 16.8. The van der Waals surface area contributed by atoms with Gasteiger partial charge in [0.25, 0.3) is 5.91 Å². The summed E-state index contributed by atoms with van der Waals surface area (Å²) in [6.45, 7) is 1.00. The first-order chi connectivity index (χ1) is 11.8. The van der Waals surface area contributed by atoms with Crippen LogP contribution in [0.15, 0.2) is 65.6 Å². The van der Waals surface area contributed by atoms with Gasteiger partial charge in [-0.15, -0.1) is 0 Å². The lowest BCUT2D eigenvalue weighted by atomic mass is 10.1. The molecule has 2 aromatic heterocycles. The van der Waals surface area contributed by atoms with E-state index in [-0.39, 0.29) is 5.91 Å². The minimum atomic E-state index is -0.0489. The molecule has 1 amide bonds. The third-order valence-corrected chi connectivity index (χ3v) is 4.34. The molecule has 0 aliphatic carbocycles. The van der Waals surface area contributed by atoms with Crippen molar-refractivity contribution in [2.45, 2.75) is 13.2 Å². The fourth-order valence-electron chi connectivity index (χ4n) is 2.48. The number of carbonyl (C=O) groups excluding carboxylic acids is 1. The first kappa shape index (κ1) is 16.4. The van der Waals surface area contributed by atoms with Crippen LogP contribution in [0.2, 0.25) is 0 Å². The van der Waals surface area contributed by atoms with Gasteiger partial charge >= 0.3 is 0 Å². The van der Waals surface area contributed by atoms with Crippen molar-refractivity contribution in [1.82, 2.24) is 4.98 Å². The molecule has 4 nitrogen and oxygen atoms in total. The van der Waals surface area contributed by atoms with E-state index < -0.39 is 0 Å². The molecule has 0 unspecified atom stereocenters. The second-order valence-corrected chi connectivity index (χ2v) is 6.15. The molecule has 0 spiro atoms. The maximum Gasteiger partial charge on any atom is 0.258 e. The highest BCUT2D eigenvalue weighted by molar-refractivity contribution is 7.07. The number of amides is 1. The zero-order valence-electron chi connectivity index (χ0n) is 13.4. The number of nitrogens with zero attached hydrogens (tertiary/aromatic N) is 2. The maximum absolute atomic E-state index is 13.1. The van der Waals surface area contributed by atoms with E-state index in [9.17, 15) is 4.79 Å². The van der Waals surface area contributed by atoms with Gasteiger partial charge in [-0.25, -0.2) is 0 Å². The molecule has 0 fully saturated rings. The van der Waals surface area contributed by atoms with E-state index in [2.05, 4.69) is 10.4 Å². The van der Waals surface area contributed by atoms with Crippen molar-refractivity contribution in [3.05, 3.63) is 82.3 Å². The Labute approximate surface area is 145 Å². The van der Waals surface area contributed by atoms with E-state index in [1.807, 2.05) is 47.8 Å². The van der Waals surface area contributed by atoms with Crippen molar-refractivity contribution >= 4 is 22.9 Å². The Morgan fingerprint density at radius 3 is 2.83 bits per heavy atom. The van der Waals surface area contributed by atoms with Crippen LogP contribution in [0.4, 0.5) is 5.69 Å². The fourth-order valence-corrected chi connectivity index (χ4v) is 3.14. The molecule has 0 bridgehead atoms. The molecular formula is C19H18N2O2S. The minimum Gasteiger partial charge on any atom is -0.380 e. The monoisotopic (exact) mass is 338 g/mol. The van der Waals surface area contributed by atoms with E-state index >= 15 is 0 Å². The number of anilines is 1. The van der Waals surface area contributed by atoms with Crippen LogP contribution in [0.5, 0.6) is 0 Å². The molecule has 0 saturated carbocycles. The van der Waals surface area contributed by atoms with Gasteiger partial charge in [-0.05, 0) is 52.2 Å². The van der Waals surface area contributed by atoms with Gasteiger partial charge in [0.1, 0.15) is 0 Å². The van der Waals surface area contributed by atoms with Gasteiger partial charge in [0, 0.05) is 18.9 Å². The molecule has 2 heterocycles. The quantitative estimate of drug-likeness (QED) is 0.678. The van der Waals surface area contributed by atoms with Gasteiger partial charge in [-0.2, -0.15) is 11.3 Å². The summed E-state index contributed by atoms with van der Waals surface area (Å²) in [5, 5.41) is 4.07. The van der Waals surface area contributed by atoms with E-state index in [1.165, 1.54) is 0 Å². The van der Waals surface area contributed by atoms with Crippen molar-refractivity contribution in [2.75, 3.05) is 12.0 Å². The summed E-state index contributed by atoms with van der Waals surface area (Å²) in [6, 6.07) is 13.3. The molecule has 0 saturated heterocycles. The summed E-state index contributed by atoms with van der Waals surface area (Å²) in [5.74, 6) is -0.0489. The predicted molar refractivity (Wildman–Crippen MR) is 96.2 cm³/mol. The first-order valence-electron chi connectivity index (χ1n) is 7.59. The van der Waals surface area contributed by atoms with Crippen molar-refractivity contribution < 1.29 is 9.53 Å². The van der Waals surface area contributed by atoms with Crippen LogP contribution >= 0.6 is 11.3 Å². The van der Waals surface area contributed by atoms with Gasteiger partial charge in [0.05, 0.1) is 25.0 Å². The van der Waals surface area contributed by atoms with Gasteiger partial charge < -0.3 is 9.64 Å². The normalized spacial score (nSPS) is 10.5. The van der Waals surface area contributed by atoms with E-state index in [1.54, 1.807) is 35.7 Å². The van der Waals surface area contributed by atoms with Crippen LogP contribution in [0.1, 0.15) is 21.5 Å². The summed E-state index contributed by atoms with van der Waals surface area (Å²) < 4.78 is 5.16. The molecule has 3 rings (SSSR count). The summed E-state index contributed by atoms with van der Waals surface area (Å²) in [5.41, 5.74) is 3.50. The van der Waals surface area contributed by atoms with Crippen molar-refractivity contribution in [2.24, 2.45) is 0 Å². The molecule has 0 radical (unpaired) electrons. The number of benzene rings is 1. The smallest absolute Gasteiger partial charge is 0.258 e. The average Bonchev–Trinajstić information content (AvgIpc) is 3.14. The Morgan fingerprint density at radius 2 is 2.12 bits per heavy atom. The number of hydrogen-bond donors (Lipinski definition) is 0. The molecule has 0 atom stereocenters. The molecule has 5 heteroatoms. The minimum absolute atomic E-state index is 0.0489. The standard InChI is InChI=1S/C19H18N2O2S/c1-23-13-15-4-2-5-17(10-15)19(22)21(12-16-7-9-24-14-16)18-6-3-8-20-11-18/h2-11,14H,12-13H2,1H3. The van der Waals surface area contributed by atoms with Gasteiger partial charge in [-0.1, -0.05) is 12.1 Å². The molecular weight excluding hydrogens is 320 g/mol. The van der Waals surface area contributed by atoms with Crippen molar-refractivity contribution in [3.8, 4) is 0 Å². The van der Waals surface area contributed by atoms with Gasteiger partial charge in [0.15, 0.2) is 0 Å². The van der Waals surface area contributed by atoms with Crippen LogP contribution in [0.25, 0.3) is 0 Å². The number of methoxy groups -OCH3 is 1. The van der Waals surface area contributed by atoms with Crippen molar-refractivity contribution in [1.29, 1.82) is 0 Å². The molecule has 122 valence electrons. The number of pyridine rings is 1. The van der Waals surface area contributed by atoms with Crippen LogP contribution in [0.3, 0.4) is 0 Å². The fraction of sp³-hybridized carbons (Fsp3) is 0.158. The third-order valence-electron chi connectivity index (χ3n) is 3.61. The number of thiophene rings is 1. The summed E-state index contributed by atoms with van der Waals surface area (Å²) in [6.07, 6.45) is 3.42. The largest absolute Gasteiger partial charge is 0.380 e. The number of ether oxygens (including phenoxy) is 1. The Balaban J connectivity index is 1.92. The van der Waals surface area contributed by atoms with Crippen LogP contribution in [-0.2, 0) is 17.9 Å². The highest BCUT2D eigenvalue weighted by Crippen LogP contribution is 2.21. The number of hydrogen-bond acceptors (Lipinski definition) is 4. The van der Waals surface area contributed by atoms with Crippen LogP contribution < -0.4 is 4.90 Å². The SMILES string of the molecule is COCc1cccc(C(=O)N(Cc2ccsc2)c2cccnc2)c1. The molecule has 1 aromatic carbocycles. The Kier molecular flexibility index (Phi) is 5.36. The van der Waals surface area contributed by atoms with Crippen LogP contribution in [0, 0.1) is 0 Å². The summed E-state index contributed by atoms with van der Waals surface area (Å²) >= 11 is 1.62. The molecule has 3 aromatic rings. The van der Waals surface area contributed by atoms with Crippen LogP contribution in [-0.4, -0.2) is 18.0 Å². The highest BCUT2D eigenvalue weighted by Gasteiger charge is 2.19. The molecule has 0 aliphatic rings. The Morgan fingerprint density at radius 1 is 1.21 bits per heavy atom. The lowest BCUT2D eigenvalue weighted by Crippen LogP contribution is -2.30. The number of rotatable bonds is 6. The highest BCUT2D eigenvalue weighted by atomic mass is 32.1. The maximum atomic E-state index is 13.1. The molecule has 24 heavy (non-hydrogen) atoms. The summed E-state index contributed by atoms with van der Waals surface area (Å²) in [7, 11) is 1.65. The zero-order valence-corrected chi connectivity index (χ0v) is 14.2.